The van der Waals surface area contributed by atoms with Crippen LogP contribution in [0.15, 0.2) is 52.9 Å². The first-order valence-electron chi connectivity index (χ1n) is 8.41. The molecule has 1 N–H and O–H groups in total. The number of esters is 1. The van der Waals surface area contributed by atoms with Crippen molar-refractivity contribution in [3.63, 3.8) is 0 Å². The molecule has 26 heavy (non-hydrogen) atoms. The van der Waals surface area contributed by atoms with Gasteiger partial charge >= 0.3 is 5.97 Å². The summed E-state index contributed by atoms with van der Waals surface area (Å²) in [7, 11) is -2.13. The van der Waals surface area contributed by atoms with Gasteiger partial charge in [0.15, 0.2) is 0 Å². The van der Waals surface area contributed by atoms with Crippen molar-refractivity contribution < 1.29 is 17.9 Å². The molecule has 0 aromatic heterocycles. The standard InChI is InChI=1S/C20H21NO4S/c1-4-25-20(22)16-9-8-14-10-13(2)19(18(14)12-16)15-6-5-7-17(11-15)26(23,24)21-3/h5-9,11-12,21H,4,10H2,1-3H3. The summed E-state index contributed by atoms with van der Waals surface area (Å²) in [5, 5.41) is 0. The minimum Gasteiger partial charge on any atom is -0.462 e. The molecule has 0 aliphatic heterocycles. The fourth-order valence-corrected chi connectivity index (χ4v) is 4.02. The molecule has 2 aromatic carbocycles. The first-order chi connectivity index (χ1) is 12.4. The van der Waals surface area contributed by atoms with Crippen LogP contribution in [0.5, 0.6) is 0 Å². The molecule has 0 radical (unpaired) electrons. The normalized spacial score (nSPS) is 13.7. The van der Waals surface area contributed by atoms with Crippen molar-refractivity contribution in [1.82, 2.24) is 4.72 Å². The number of fused-ring (bicyclic) bond motifs is 1. The number of nitrogens with one attached hydrogen (secondary N) is 1. The van der Waals surface area contributed by atoms with E-state index in [1.54, 1.807) is 31.2 Å². The van der Waals surface area contributed by atoms with E-state index in [1.807, 2.05) is 25.1 Å². The largest absolute Gasteiger partial charge is 0.462 e. The van der Waals surface area contributed by atoms with Crippen LogP contribution in [-0.2, 0) is 21.2 Å². The third-order valence-electron chi connectivity index (χ3n) is 4.47. The molecule has 3 rings (SSSR count). The van der Waals surface area contributed by atoms with E-state index in [4.69, 9.17) is 4.74 Å². The molecule has 6 heteroatoms. The quantitative estimate of drug-likeness (QED) is 0.820. The van der Waals surface area contributed by atoms with Gasteiger partial charge in [-0.25, -0.2) is 17.9 Å². The summed E-state index contributed by atoms with van der Waals surface area (Å²) < 4.78 is 31.7. The van der Waals surface area contributed by atoms with E-state index in [9.17, 15) is 13.2 Å². The van der Waals surface area contributed by atoms with Crippen LogP contribution in [0.1, 0.15) is 40.9 Å². The number of benzene rings is 2. The van der Waals surface area contributed by atoms with E-state index >= 15 is 0 Å². The van der Waals surface area contributed by atoms with Gasteiger partial charge < -0.3 is 4.74 Å². The topological polar surface area (TPSA) is 72.5 Å². The van der Waals surface area contributed by atoms with E-state index in [0.29, 0.717) is 12.2 Å². The van der Waals surface area contributed by atoms with Gasteiger partial charge in [-0.05, 0) is 73.8 Å². The van der Waals surface area contributed by atoms with Crippen molar-refractivity contribution in [3.8, 4) is 0 Å². The molecule has 136 valence electrons. The highest BCUT2D eigenvalue weighted by Gasteiger charge is 2.23. The summed E-state index contributed by atoms with van der Waals surface area (Å²) in [6, 6.07) is 12.4. The van der Waals surface area contributed by atoms with Crippen LogP contribution in [0.25, 0.3) is 5.57 Å². The molecular weight excluding hydrogens is 350 g/mol. The fraction of sp³-hybridized carbons (Fsp3) is 0.250. The summed E-state index contributed by atoms with van der Waals surface area (Å²) in [6.45, 7) is 4.12. The number of ether oxygens (including phenoxy) is 1. The Morgan fingerprint density at radius 3 is 2.65 bits per heavy atom. The smallest absolute Gasteiger partial charge is 0.338 e. The second-order valence-corrected chi connectivity index (χ2v) is 8.05. The third kappa shape index (κ3) is 3.30. The molecule has 0 amide bonds. The highest BCUT2D eigenvalue weighted by atomic mass is 32.2. The van der Waals surface area contributed by atoms with Crippen molar-refractivity contribution in [2.75, 3.05) is 13.7 Å². The van der Waals surface area contributed by atoms with Crippen LogP contribution >= 0.6 is 0 Å². The van der Waals surface area contributed by atoms with Crippen molar-refractivity contribution >= 4 is 21.6 Å². The number of carbonyl (C=O) groups excluding carboxylic acids is 1. The summed E-state index contributed by atoms with van der Waals surface area (Å²) in [4.78, 5) is 12.3. The minimum absolute atomic E-state index is 0.216. The molecule has 0 unspecified atom stereocenters. The Hall–Kier alpha value is -2.44. The summed E-state index contributed by atoms with van der Waals surface area (Å²) in [5.74, 6) is -0.356. The van der Waals surface area contributed by atoms with Gasteiger partial charge in [-0.3, -0.25) is 0 Å². The van der Waals surface area contributed by atoms with Crippen LogP contribution in [0.2, 0.25) is 0 Å². The SMILES string of the molecule is CCOC(=O)c1ccc2c(c1)C(c1cccc(S(=O)(=O)NC)c1)=C(C)C2. The minimum atomic E-state index is -3.52. The lowest BCUT2D eigenvalue weighted by molar-refractivity contribution is 0.0526. The van der Waals surface area contributed by atoms with Crippen LogP contribution in [0.3, 0.4) is 0 Å². The predicted molar refractivity (Wildman–Crippen MR) is 100 cm³/mol. The molecule has 1 aliphatic rings. The maximum atomic E-state index is 12.1. The van der Waals surface area contributed by atoms with E-state index in [1.165, 1.54) is 7.05 Å². The van der Waals surface area contributed by atoms with E-state index in [0.717, 1.165) is 34.3 Å². The molecule has 0 saturated heterocycles. The number of sulfonamides is 1. The second kappa shape index (κ2) is 7.05. The maximum Gasteiger partial charge on any atom is 0.338 e. The van der Waals surface area contributed by atoms with Gasteiger partial charge in [0.1, 0.15) is 0 Å². The van der Waals surface area contributed by atoms with Crippen LogP contribution in [-0.4, -0.2) is 28.0 Å². The van der Waals surface area contributed by atoms with Gasteiger partial charge in [0.25, 0.3) is 0 Å². The van der Waals surface area contributed by atoms with Gasteiger partial charge in [0, 0.05) is 0 Å². The molecule has 0 saturated carbocycles. The molecule has 0 atom stereocenters. The van der Waals surface area contributed by atoms with Gasteiger partial charge in [0.2, 0.25) is 10.0 Å². The van der Waals surface area contributed by atoms with Crippen molar-refractivity contribution in [2.45, 2.75) is 25.2 Å². The summed E-state index contributed by atoms with van der Waals surface area (Å²) >= 11 is 0. The third-order valence-corrected chi connectivity index (χ3v) is 5.89. The average molecular weight is 371 g/mol. The number of carbonyl (C=O) groups is 1. The number of allylic oxidation sites excluding steroid dienone is 1. The molecule has 0 heterocycles. The highest BCUT2D eigenvalue weighted by Crippen LogP contribution is 2.38. The zero-order valence-corrected chi connectivity index (χ0v) is 15.8. The van der Waals surface area contributed by atoms with Crippen molar-refractivity contribution in [2.24, 2.45) is 0 Å². The van der Waals surface area contributed by atoms with Crippen LogP contribution in [0.4, 0.5) is 0 Å². The fourth-order valence-electron chi connectivity index (χ4n) is 3.25. The average Bonchev–Trinajstić information content (AvgIpc) is 2.96. The zero-order valence-electron chi connectivity index (χ0n) is 15.0. The molecule has 0 fully saturated rings. The summed E-state index contributed by atoms with van der Waals surface area (Å²) in [6.07, 6.45) is 0.775. The Morgan fingerprint density at radius 2 is 1.96 bits per heavy atom. The van der Waals surface area contributed by atoms with Crippen LogP contribution in [0, 0.1) is 0 Å². The zero-order chi connectivity index (χ0) is 18.9. The lowest BCUT2D eigenvalue weighted by atomic mass is 9.96. The van der Waals surface area contributed by atoms with Crippen molar-refractivity contribution in [1.29, 1.82) is 0 Å². The van der Waals surface area contributed by atoms with Crippen LogP contribution < -0.4 is 4.72 Å². The van der Waals surface area contributed by atoms with E-state index < -0.39 is 10.0 Å². The summed E-state index contributed by atoms with van der Waals surface area (Å²) in [5.41, 5.74) is 5.49. The first-order valence-corrected chi connectivity index (χ1v) is 9.90. The molecule has 2 aromatic rings. The van der Waals surface area contributed by atoms with Gasteiger partial charge in [-0.2, -0.15) is 0 Å². The number of hydrogen-bond donors (Lipinski definition) is 1. The molecular formula is C20H21NO4S. The lowest BCUT2D eigenvalue weighted by Gasteiger charge is -2.11. The van der Waals surface area contributed by atoms with Gasteiger partial charge in [-0.15, -0.1) is 0 Å². The number of rotatable bonds is 5. The highest BCUT2D eigenvalue weighted by molar-refractivity contribution is 7.89. The van der Waals surface area contributed by atoms with Gasteiger partial charge in [0.05, 0.1) is 17.1 Å². The number of hydrogen-bond acceptors (Lipinski definition) is 4. The van der Waals surface area contributed by atoms with E-state index in [2.05, 4.69) is 4.72 Å². The Kier molecular flexibility index (Phi) is 4.98. The Labute approximate surface area is 153 Å². The van der Waals surface area contributed by atoms with E-state index in [-0.39, 0.29) is 10.9 Å². The molecule has 0 spiro atoms. The monoisotopic (exact) mass is 371 g/mol. The van der Waals surface area contributed by atoms with Crippen molar-refractivity contribution in [3.05, 3.63) is 70.3 Å². The lowest BCUT2D eigenvalue weighted by Crippen LogP contribution is -2.18. The Bertz CT molecular complexity index is 1010. The Morgan fingerprint density at radius 1 is 1.19 bits per heavy atom. The first kappa shape index (κ1) is 18.4. The molecule has 5 nitrogen and oxygen atoms in total. The van der Waals surface area contributed by atoms with Gasteiger partial charge in [-0.1, -0.05) is 23.8 Å². The molecule has 1 aliphatic carbocycles. The molecule has 0 bridgehead atoms. The maximum absolute atomic E-state index is 12.1. The Balaban J connectivity index is 2.09. The predicted octanol–water partition coefficient (Wildman–Crippen LogP) is 3.15. The second-order valence-electron chi connectivity index (χ2n) is 6.16.